The average Bonchev–Trinajstić information content (AvgIpc) is 3.59. The van der Waals surface area contributed by atoms with E-state index < -0.39 is 39.2 Å². The molecule has 1 atom stereocenters. The second-order valence-corrected chi connectivity index (χ2v) is 15.1. The van der Waals surface area contributed by atoms with E-state index in [4.69, 9.17) is 25.4 Å². The van der Waals surface area contributed by atoms with E-state index in [1.54, 1.807) is 57.2 Å². The van der Waals surface area contributed by atoms with Crippen LogP contribution in [0.1, 0.15) is 51.0 Å². The molecule has 1 aliphatic carbocycles. The summed E-state index contributed by atoms with van der Waals surface area (Å²) in [5, 5.41) is 10.8. The van der Waals surface area contributed by atoms with Gasteiger partial charge in [-0.05, 0) is 69.5 Å². The summed E-state index contributed by atoms with van der Waals surface area (Å²) in [7, 11) is -4.11. The van der Waals surface area contributed by atoms with E-state index in [2.05, 4.69) is 30.6 Å². The Kier molecular flexibility index (Phi) is 8.19. The van der Waals surface area contributed by atoms with Crippen LogP contribution in [0.3, 0.4) is 0 Å². The molecule has 0 spiro atoms. The van der Waals surface area contributed by atoms with Gasteiger partial charge in [0.2, 0.25) is 17.5 Å². The summed E-state index contributed by atoms with van der Waals surface area (Å²) in [6.45, 7) is 4.95. The van der Waals surface area contributed by atoms with Gasteiger partial charge in [-0.3, -0.25) is 4.79 Å². The molecule has 14 nitrogen and oxygen atoms in total. The van der Waals surface area contributed by atoms with Crippen LogP contribution in [0.25, 0.3) is 34.2 Å². The normalized spacial score (nSPS) is 17.3. The molecule has 1 saturated carbocycles. The van der Waals surface area contributed by atoms with E-state index in [0.29, 0.717) is 34.3 Å². The molecule has 5 aromatic rings. The Morgan fingerprint density at radius 1 is 1.02 bits per heavy atom. The molecule has 1 aliphatic heterocycles. The number of ether oxygens (including phenoxy) is 1. The summed E-state index contributed by atoms with van der Waals surface area (Å²) in [5.74, 6) is 0.279. The van der Waals surface area contributed by atoms with E-state index >= 15 is 0 Å². The molecule has 252 valence electrons. The first-order valence-corrected chi connectivity index (χ1v) is 17.4. The Morgan fingerprint density at radius 3 is 2.45 bits per heavy atom. The second-order valence-electron chi connectivity index (χ2n) is 12.8. The highest BCUT2D eigenvalue weighted by atomic mass is 35.5. The second kappa shape index (κ2) is 12.4. The molecule has 0 unspecified atom stereocenters. The van der Waals surface area contributed by atoms with Crippen molar-refractivity contribution < 1.29 is 31.8 Å². The number of hydrogen-bond donors (Lipinski definition) is 1. The van der Waals surface area contributed by atoms with Gasteiger partial charge in [-0.1, -0.05) is 46.2 Å². The van der Waals surface area contributed by atoms with Crippen molar-refractivity contribution >= 4 is 39.1 Å². The molecular formula is C33H30ClN7O7S. The van der Waals surface area contributed by atoms with Crippen LogP contribution in [0.4, 0.5) is 10.5 Å². The number of carbonyl (C=O) groups is 2. The van der Waals surface area contributed by atoms with Gasteiger partial charge in [0.15, 0.2) is 9.84 Å². The zero-order chi connectivity index (χ0) is 34.5. The van der Waals surface area contributed by atoms with Crippen LogP contribution in [-0.4, -0.2) is 63.1 Å². The van der Waals surface area contributed by atoms with Gasteiger partial charge >= 0.3 is 6.09 Å². The van der Waals surface area contributed by atoms with Crippen LogP contribution in [0.2, 0.25) is 5.15 Å². The van der Waals surface area contributed by atoms with Crippen molar-refractivity contribution in [3.8, 4) is 34.2 Å². The van der Waals surface area contributed by atoms with Crippen LogP contribution in [-0.2, 0) is 25.9 Å². The van der Waals surface area contributed by atoms with Gasteiger partial charge in [-0.15, -0.1) is 0 Å². The third-order valence-electron chi connectivity index (χ3n) is 7.82. The van der Waals surface area contributed by atoms with Gasteiger partial charge in [-0.25, -0.2) is 18.2 Å². The third-order valence-corrected chi connectivity index (χ3v) is 9.91. The maximum absolute atomic E-state index is 14.2. The highest BCUT2D eigenvalue weighted by molar-refractivity contribution is 7.91. The lowest BCUT2D eigenvalue weighted by Gasteiger charge is -2.27. The maximum atomic E-state index is 14.2. The van der Waals surface area contributed by atoms with Crippen molar-refractivity contribution in [2.24, 2.45) is 0 Å². The van der Waals surface area contributed by atoms with E-state index in [0.717, 1.165) is 18.4 Å². The number of alkyl carbamates (subject to hydrolysis) is 1. The van der Waals surface area contributed by atoms with Crippen molar-refractivity contribution in [2.45, 2.75) is 62.6 Å². The zero-order valence-electron chi connectivity index (χ0n) is 26.6. The van der Waals surface area contributed by atoms with Crippen LogP contribution < -0.4 is 10.2 Å². The number of hydrogen-bond acceptors (Lipinski definition) is 12. The molecule has 3 aromatic heterocycles. The van der Waals surface area contributed by atoms with Crippen LogP contribution in [0, 0.1) is 0 Å². The lowest BCUT2D eigenvalue weighted by atomic mass is 10.1. The molecule has 16 heteroatoms. The summed E-state index contributed by atoms with van der Waals surface area (Å²) in [6.07, 6.45) is 2.66. The summed E-state index contributed by atoms with van der Waals surface area (Å²) in [5.41, 5.74) is 1.39. The number of sulfone groups is 1. The fourth-order valence-electron chi connectivity index (χ4n) is 5.32. The molecule has 1 fully saturated rings. The van der Waals surface area contributed by atoms with E-state index in [1.165, 1.54) is 29.3 Å². The number of pyridine rings is 1. The largest absolute Gasteiger partial charge is 0.444 e. The Morgan fingerprint density at radius 2 is 1.73 bits per heavy atom. The molecule has 4 heterocycles. The van der Waals surface area contributed by atoms with Crippen LogP contribution >= 0.6 is 11.6 Å². The number of anilines is 1. The molecule has 1 N–H and O–H groups in total. The van der Waals surface area contributed by atoms with Crippen molar-refractivity contribution in [2.75, 3.05) is 10.7 Å². The molecule has 0 bridgehead atoms. The summed E-state index contributed by atoms with van der Waals surface area (Å²) >= 11 is 6.22. The van der Waals surface area contributed by atoms with Gasteiger partial charge in [0.05, 0.1) is 28.4 Å². The molecule has 7 rings (SSSR count). The number of halogens is 1. The maximum Gasteiger partial charge on any atom is 0.408 e. The molecule has 0 radical (unpaired) electrons. The topological polar surface area (TPSA) is 184 Å². The number of fused-ring (bicyclic) bond motifs is 1. The first-order valence-electron chi connectivity index (χ1n) is 15.4. The van der Waals surface area contributed by atoms with Gasteiger partial charge < -0.3 is 24.0 Å². The Hall–Kier alpha value is -5.15. The highest BCUT2D eigenvalue weighted by Gasteiger charge is 2.40. The standard InChI is InChI=1S/C33H30ClN7O7S/c1-33(2,3)46-32(43)36-23-17-49(44,45)25-13-12-21(28-38-30(48-40-28)22-5-4-14-35-26(22)34)15-24(25)41(31(23)42)16-18-6-8-19(9-7-18)27-37-29(47-39-27)20-10-11-20/h4-9,12-15,20,23H,10-11,16-17H2,1-3H3,(H,36,43)/t23-/m0/s1. The highest BCUT2D eigenvalue weighted by Crippen LogP contribution is 2.40. The number of aromatic nitrogens is 5. The van der Waals surface area contributed by atoms with Crippen LogP contribution in [0.15, 0.2) is 74.7 Å². The first kappa shape index (κ1) is 32.4. The molecule has 49 heavy (non-hydrogen) atoms. The molecule has 2 aliphatic rings. The predicted octanol–water partition coefficient (Wildman–Crippen LogP) is 5.59. The fraction of sp³-hybridized carbons (Fsp3) is 0.303. The lowest BCUT2D eigenvalue weighted by Crippen LogP contribution is -2.51. The third kappa shape index (κ3) is 6.89. The number of nitrogens with zero attached hydrogens (tertiary/aromatic N) is 6. The minimum absolute atomic E-state index is 0.0417. The molecule has 0 saturated heterocycles. The van der Waals surface area contributed by atoms with Crippen molar-refractivity contribution in [1.29, 1.82) is 0 Å². The number of benzene rings is 2. The molecular weight excluding hydrogens is 674 g/mol. The minimum Gasteiger partial charge on any atom is -0.444 e. The SMILES string of the molecule is CC(C)(C)OC(=O)N[C@H]1CS(=O)(=O)c2ccc(-c3noc(-c4cccnc4Cl)n3)cc2N(Cc2ccc(-c3noc(C4CC4)n3)cc2)C1=O. The van der Waals surface area contributed by atoms with E-state index in [1.807, 2.05) is 0 Å². The summed E-state index contributed by atoms with van der Waals surface area (Å²) in [4.78, 5) is 41.2. The lowest BCUT2D eigenvalue weighted by molar-refractivity contribution is -0.120. The smallest absolute Gasteiger partial charge is 0.408 e. The summed E-state index contributed by atoms with van der Waals surface area (Å²) < 4.78 is 43.7. The van der Waals surface area contributed by atoms with Crippen molar-refractivity contribution in [3.63, 3.8) is 0 Å². The van der Waals surface area contributed by atoms with Crippen molar-refractivity contribution in [1.82, 2.24) is 30.6 Å². The Balaban J connectivity index is 1.25. The first-order chi connectivity index (χ1) is 23.3. The van der Waals surface area contributed by atoms with Gasteiger partial charge in [0, 0.05) is 23.2 Å². The quantitative estimate of drug-likeness (QED) is 0.208. The van der Waals surface area contributed by atoms with E-state index in [9.17, 15) is 18.0 Å². The van der Waals surface area contributed by atoms with E-state index in [-0.39, 0.29) is 34.0 Å². The van der Waals surface area contributed by atoms with Gasteiger partial charge in [0.25, 0.3) is 11.8 Å². The number of amides is 2. The fourth-order valence-corrected chi connectivity index (χ4v) is 7.13. The Labute approximate surface area is 285 Å². The van der Waals surface area contributed by atoms with Gasteiger partial charge in [-0.2, -0.15) is 9.97 Å². The molecule has 2 amide bonds. The monoisotopic (exact) mass is 703 g/mol. The number of nitrogens with one attached hydrogen (secondary N) is 1. The predicted molar refractivity (Wildman–Crippen MR) is 176 cm³/mol. The van der Waals surface area contributed by atoms with Gasteiger partial charge in [0.1, 0.15) is 16.8 Å². The van der Waals surface area contributed by atoms with Crippen molar-refractivity contribution in [3.05, 3.63) is 77.4 Å². The number of rotatable bonds is 7. The average molecular weight is 704 g/mol. The minimum atomic E-state index is -4.11. The Bertz CT molecular complexity index is 2170. The zero-order valence-corrected chi connectivity index (χ0v) is 28.2. The summed E-state index contributed by atoms with van der Waals surface area (Å²) in [6, 6.07) is 13.5. The van der Waals surface area contributed by atoms with Crippen LogP contribution in [0.5, 0.6) is 0 Å². The number of carbonyl (C=O) groups excluding carboxylic acids is 2. The molecule has 2 aromatic carbocycles.